The number of nitrogens with zero attached hydrogens (tertiary/aromatic N) is 2. The largest absolute Gasteiger partial charge is 0.298 e. The first-order chi connectivity index (χ1) is 6.63. The van der Waals surface area contributed by atoms with Crippen molar-refractivity contribution in [1.29, 1.82) is 0 Å². The summed E-state index contributed by atoms with van der Waals surface area (Å²) in [7, 11) is 1.91. The van der Waals surface area contributed by atoms with Gasteiger partial charge in [-0.15, -0.1) is 0 Å². The number of rotatable bonds is 1. The van der Waals surface area contributed by atoms with E-state index in [-0.39, 0.29) is 0 Å². The average molecular weight is 188 g/mol. The van der Waals surface area contributed by atoms with Crippen molar-refractivity contribution < 1.29 is 4.79 Å². The van der Waals surface area contributed by atoms with Crippen LogP contribution in [0.1, 0.15) is 21.6 Å². The highest BCUT2D eigenvalue weighted by Crippen LogP contribution is 2.21. The number of aldehydes is 1. The molecular formula is C11H12N2O. The summed E-state index contributed by atoms with van der Waals surface area (Å²) in [6, 6.07) is 3.75. The van der Waals surface area contributed by atoms with Crippen molar-refractivity contribution in [2.45, 2.75) is 13.8 Å². The van der Waals surface area contributed by atoms with Gasteiger partial charge in [0.2, 0.25) is 0 Å². The molecule has 14 heavy (non-hydrogen) atoms. The number of hydrogen-bond acceptors (Lipinski definition) is 2. The topological polar surface area (TPSA) is 34.9 Å². The molecule has 0 aliphatic heterocycles. The summed E-state index contributed by atoms with van der Waals surface area (Å²) in [6.07, 6.45) is 0.874. The quantitative estimate of drug-likeness (QED) is 0.641. The Kier molecular flexibility index (Phi) is 1.88. The minimum absolute atomic E-state index is 0.714. The van der Waals surface area contributed by atoms with Crippen molar-refractivity contribution in [3.8, 4) is 0 Å². The maximum atomic E-state index is 10.7. The van der Waals surface area contributed by atoms with E-state index in [0.29, 0.717) is 5.56 Å². The smallest absolute Gasteiger partial charge is 0.150 e. The Morgan fingerprint density at radius 1 is 1.36 bits per heavy atom. The van der Waals surface area contributed by atoms with Gasteiger partial charge >= 0.3 is 0 Å². The predicted octanol–water partition coefficient (Wildman–Crippen LogP) is 2.00. The minimum atomic E-state index is 0.714. The molecule has 3 nitrogen and oxygen atoms in total. The Morgan fingerprint density at radius 2 is 2.07 bits per heavy atom. The lowest BCUT2D eigenvalue weighted by Crippen LogP contribution is -1.91. The molecule has 0 saturated carbocycles. The molecule has 0 aliphatic carbocycles. The molecule has 1 heterocycles. The van der Waals surface area contributed by atoms with E-state index in [9.17, 15) is 4.79 Å². The second kappa shape index (κ2) is 2.94. The Bertz CT molecular complexity index is 511. The van der Waals surface area contributed by atoms with Gasteiger partial charge in [-0.25, -0.2) is 0 Å². The first-order valence-electron chi connectivity index (χ1n) is 4.52. The number of benzene rings is 1. The molecule has 0 aliphatic rings. The van der Waals surface area contributed by atoms with E-state index in [4.69, 9.17) is 0 Å². The van der Waals surface area contributed by atoms with Gasteiger partial charge in [0.15, 0.2) is 0 Å². The van der Waals surface area contributed by atoms with Crippen molar-refractivity contribution >= 4 is 17.2 Å². The van der Waals surface area contributed by atoms with Crippen LogP contribution < -0.4 is 0 Å². The van der Waals surface area contributed by atoms with Gasteiger partial charge in [0, 0.05) is 23.7 Å². The number of carbonyl (C=O) groups is 1. The molecule has 2 rings (SSSR count). The van der Waals surface area contributed by atoms with Gasteiger partial charge in [-0.05, 0) is 31.5 Å². The molecule has 0 N–H and O–H groups in total. The summed E-state index contributed by atoms with van der Waals surface area (Å²) in [6.45, 7) is 3.98. The van der Waals surface area contributed by atoms with Crippen LogP contribution in [0.2, 0.25) is 0 Å². The molecule has 1 aromatic carbocycles. The zero-order valence-corrected chi connectivity index (χ0v) is 8.53. The summed E-state index contributed by atoms with van der Waals surface area (Å²) in [5.41, 5.74) is 3.84. The molecule has 1 aromatic heterocycles. The van der Waals surface area contributed by atoms with Crippen molar-refractivity contribution in [3.05, 3.63) is 29.0 Å². The highest BCUT2D eigenvalue weighted by molar-refractivity contribution is 5.90. The summed E-state index contributed by atoms with van der Waals surface area (Å²) in [5.74, 6) is 0. The number of aryl methyl sites for hydroxylation is 3. The molecule has 0 saturated heterocycles. The van der Waals surface area contributed by atoms with Gasteiger partial charge in [0.05, 0.1) is 5.52 Å². The maximum Gasteiger partial charge on any atom is 0.150 e. The monoisotopic (exact) mass is 188 g/mol. The lowest BCUT2D eigenvalue weighted by Gasteiger charge is -1.96. The van der Waals surface area contributed by atoms with E-state index in [1.807, 2.05) is 37.7 Å². The Labute approximate surface area is 82.3 Å². The first kappa shape index (κ1) is 8.94. The summed E-state index contributed by atoms with van der Waals surface area (Å²) < 4.78 is 1.84. The Morgan fingerprint density at radius 3 is 2.71 bits per heavy atom. The summed E-state index contributed by atoms with van der Waals surface area (Å²) in [5, 5.41) is 5.45. The zero-order valence-electron chi connectivity index (χ0n) is 8.53. The molecule has 0 atom stereocenters. The molecule has 0 unspecified atom stereocenters. The van der Waals surface area contributed by atoms with E-state index >= 15 is 0 Å². The average Bonchev–Trinajstić information content (AvgIpc) is 2.45. The third kappa shape index (κ3) is 1.13. The summed E-state index contributed by atoms with van der Waals surface area (Å²) >= 11 is 0. The van der Waals surface area contributed by atoms with E-state index in [2.05, 4.69) is 5.10 Å². The fourth-order valence-corrected chi connectivity index (χ4v) is 1.68. The van der Waals surface area contributed by atoms with Gasteiger partial charge < -0.3 is 0 Å². The number of hydrogen-bond donors (Lipinski definition) is 0. The van der Waals surface area contributed by atoms with Crippen molar-refractivity contribution in [1.82, 2.24) is 9.78 Å². The Balaban J connectivity index is 2.90. The zero-order chi connectivity index (χ0) is 10.3. The second-order valence-corrected chi connectivity index (χ2v) is 3.56. The van der Waals surface area contributed by atoms with E-state index in [1.54, 1.807) is 0 Å². The third-order valence-electron chi connectivity index (χ3n) is 2.58. The highest BCUT2D eigenvalue weighted by Gasteiger charge is 2.08. The van der Waals surface area contributed by atoms with Crippen LogP contribution in [0.15, 0.2) is 12.1 Å². The van der Waals surface area contributed by atoms with Crippen molar-refractivity contribution in [2.75, 3.05) is 0 Å². The fraction of sp³-hybridized carbons (Fsp3) is 0.273. The van der Waals surface area contributed by atoms with E-state index in [1.165, 1.54) is 0 Å². The van der Waals surface area contributed by atoms with Crippen LogP contribution in [0.5, 0.6) is 0 Å². The molecule has 0 bridgehead atoms. The number of carbonyl (C=O) groups excluding carboxylic acids is 1. The molecule has 3 heteroatoms. The molecule has 72 valence electrons. The molecule has 0 fully saturated rings. The van der Waals surface area contributed by atoms with Crippen molar-refractivity contribution in [3.63, 3.8) is 0 Å². The minimum Gasteiger partial charge on any atom is -0.298 e. The van der Waals surface area contributed by atoms with Gasteiger partial charge in [0.1, 0.15) is 6.29 Å². The molecular weight excluding hydrogens is 176 g/mol. The van der Waals surface area contributed by atoms with Crippen LogP contribution in [0, 0.1) is 13.8 Å². The van der Waals surface area contributed by atoms with Crippen LogP contribution >= 0.6 is 0 Å². The molecule has 0 amide bonds. The normalized spacial score (nSPS) is 10.8. The van der Waals surface area contributed by atoms with E-state index in [0.717, 1.165) is 28.4 Å². The van der Waals surface area contributed by atoms with Gasteiger partial charge in [-0.3, -0.25) is 9.48 Å². The lowest BCUT2D eigenvalue weighted by molar-refractivity contribution is 0.112. The fourth-order valence-electron chi connectivity index (χ4n) is 1.68. The van der Waals surface area contributed by atoms with E-state index < -0.39 is 0 Å². The predicted molar refractivity (Wildman–Crippen MR) is 55.6 cm³/mol. The summed E-state index contributed by atoms with van der Waals surface area (Å²) in [4.78, 5) is 10.7. The third-order valence-corrected chi connectivity index (χ3v) is 2.58. The maximum absolute atomic E-state index is 10.7. The number of aromatic nitrogens is 2. The van der Waals surface area contributed by atoms with Crippen LogP contribution in [0.3, 0.4) is 0 Å². The van der Waals surface area contributed by atoms with Gasteiger partial charge in [0.25, 0.3) is 0 Å². The standard InChI is InChI=1S/C11H12N2O/c1-7-4-9(6-14)5-10-8(2)13(3)12-11(7)10/h4-6H,1-3H3. The molecule has 0 spiro atoms. The number of fused-ring (bicyclic) bond motifs is 1. The first-order valence-corrected chi connectivity index (χ1v) is 4.52. The molecule has 2 aromatic rings. The molecule has 0 radical (unpaired) electrons. The van der Waals surface area contributed by atoms with Gasteiger partial charge in [-0.2, -0.15) is 5.10 Å². The SMILES string of the molecule is Cc1cc(C=O)cc2c(C)n(C)nc12. The van der Waals surface area contributed by atoms with Crippen LogP contribution in [0.25, 0.3) is 10.9 Å². The highest BCUT2D eigenvalue weighted by atomic mass is 16.1. The Hall–Kier alpha value is -1.64. The lowest BCUT2D eigenvalue weighted by atomic mass is 10.1. The van der Waals surface area contributed by atoms with Crippen LogP contribution in [0.4, 0.5) is 0 Å². The van der Waals surface area contributed by atoms with Crippen molar-refractivity contribution in [2.24, 2.45) is 7.05 Å². The second-order valence-electron chi connectivity index (χ2n) is 3.56. The van der Waals surface area contributed by atoms with Crippen LogP contribution in [-0.4, -0.2) is 16.1 Å². The van der Waals surface area contributed by atoms with Crippen LogP contribution in [-0.2, 0) is 7.05 Å². The van der Waals surface area contributed by atoms with Gasteiger partial charge in [-0.1, -0.05) is 0 Å².